The van der Waals surface area contributed by atoms with Crippen molar-refractivity contribution < 1.29 is 14.3 Å². The monoisotopic (exact) mass is 337 g/mol. The van der Waals surface area contributed by atoms with Gasteiger partial charge in [0.2, 0.25) is 0 Å². The molecule has 20 heavy (non-hydrogen) atoms. The van der Waals surface area contributed by atoms with Crippen LogP contribution in [0.5, 0.6) is 0 Å². The van der Waals surface area contributed by atoms with Gasteiger partial charge in [0.15, 0.2) is 0 Å². The van der Waals surface area contributed by atoms with Crippen LogP contribution in [0, 0.1) is 13.8 Å². The van der Waals surface area contributed by atoms with Crippen molar-refractivity contribution in [2.75, 3.05) is 5.32 Å². The van der Waals surface area contributed by atoms with Gasteiger partial charge < -0.3 is 14.8 Å². The van der Waals surface area contributed by atoms with Crippen LogP contribution in [-0.2, 0) is 0 Å². The van der Waals surface area contributed by atoms with Crippen LogP contribution < -0.4 is 5.32 Å². The molecule has 0 bridgehead atoms. The number of aryl methyl sites for hydroxylation is 2. The molecule has 1 heterocycles. The number of carboxylic acid groups (broad SMARTS) is 1. The first-order valence-electron chi connectivity index (χ1n) is 6.24. The number of carbonyl (C=O) groups is 1. The van der Waals surface area contributed by atoms with E-state index in [9.17, 15) is 4.79 Å². The SMILES string of the molecule is Cc1cc(C(C)Nc2cc(Br)cc(C(=O)O)c2)c(C)o1. The molecule has 1 atom stereocenters. The molecule has 0 aliphatic heterocycles. The minimum absolute atomic E-state index is 0.0309. The summed E-state index contributed by atoms with van der Waals surface area (Å²) in [7, 11) is 0. The van der Waals surface area contributed by atoms with E-state index >= 15 is 0 Å². The lowest BCUT2D eigenvalue weighted by Crippen LogP contribution is -2.08. The highest BCUT2D eigenvalue weighted by Gasteiger charge is 2.14. The van der Waals surface area contributed by atoms with Gasteiger partial charge in [0.1, 0.15) is 11.5 Å². The second-order valence-corrected chi connectivity index (χ2v) is 5.68. The van der Waals surface area contributed by atoms with Gasteiger partial charge in [-0.15, -0.1) is 0 Å². The van der Waals surface area contributed by atoms with Gasteiger partial charge in [0.25, 0.3) is 0 Å². The lowest BCUT2D eigenvalue weighted by Gasteiger charge is -2.15. The highest BCUT2D eigenvalue weighted by atomic mass is 79.9. The summed E-state index contributed by atoms with van der Waals surface area (Å²) in [6.45, 7) is 5.84. The molecule has 0 aliphatic carbocycles. The summed E-state index contributed by atoms with van der Waals surface area (Å²) in [5.74, 6) is 0.792. The minimum Gasteiger partial charge on any atom is -0.478 e. The number of halogens is 1. The Kier molecular flexibility index (Phi) is 4.18. The van der Waals surface area contributed by atoms with Gasteiger partial charge >= 0.3 is 5.97 Å². The van der Waals surface area contributed by atoms with Crippen molar-refractivity contribution in [3.63, 3.8) is 0 Å². The molecule has 1 aromatic carbocycles. The summed E-state index contributed by atoms with van der Waals surface area (Å²) >= 11 is 3.32. The third-order valence-corrected chi connectivity index (χ3v) is 3.53. The van der Waals surface area contributed by atoms with Crippen molar-refractivity contribution >= 4 is 27.6 Å². The first-order chi connectivity index (χ1) is 9.36. The van der Waals surface area contributed by atoms with E-state index in [0.29, 0.717) is 0 Å². The summed E-state index contributed by atoms with van der Waals surface area (Å²) in [6, 6.07) is 7.06. The number of nitrogens with one attached hydrogen (secondary N) is 1. The number of aromatic carboxylic acids is 1. The van der Waals surface area contributed by atoms with Crippen LogP contribution in [0.15, 0.2) is 33.2 Å². The van der Waals surface area contributed by atoms with Gasteiger partial charge in [-0.25, -0.2) is 4.79 Å². The van der Waals surface area contributed by atoms with Crippen molar-refractivity contribution in [2.24, 2.45) is 0 Å². The number of carboxylic acids is 1. The Bertz CT molecular complexity index is 649. The zero-order valence-corrected chi connectivity index (χ0v) is 13.1. The number of rotatable bonds is 4. The normalized spacial score (nSPS) is 12.2. The Morgan fingerprint density at radius 2 is 2.00 bits per heavy atom. The second-order valence-electron chi connectivity index (χ2n) is 4.77. The van der Waals surface area contributed by atoms with Crippen LogP contribution in [0.1, 0.15) is 40.4 Å². The maximum atomic E-state index is 11.1. The van der Waals surface area contributed by atoms with Crippen LogP contribution in [0.4, 0.5) is 5.69 Å². The first kappa shape index (κ1) is 14.7. The summed E-state index contributed by atoms with van der Waals surface area (Å²) in [5, 5.41) is 12.4. The van der Waals surface area contributed by atoms with Crippen LogP contribution in [0.25, 0.3) is 0 Å². The molecule has 0 saturated carbocycles. The van der Waals surface area contributed by atoms with Gasteiger partial charge in [-0.1, -0.05) is 15.9 Å². The number of benzene rings is 1. The maximum absolute atomic E-state index is 11.1. The van der Waals surface area contributed by atoms with E-state index in [-0.39, 0.29) is 11.6 Å². The standard InChI is InChI=1S/C15H16BrNO3/c1-8-4-14(10(3)20-8)9(2)17-13-6-11(15(18)19)5-12(16)7-13/h4-7,9,17H,1-3H3,(H,18,19). The molecular weight excluding hydrogens is 322 g/mol. The van der Waals surface area contributed by atoms with Crippen molar-refractivity contribution in [2.45, 2.75) is 26.8 Å². The number of furan rings is 1. The molecule has 1 unspecified atom stereocenters. The molecule has 0 spiro atoms. The van der Waals surface area contributed by atoms with E-state index in [0.717, 1.165) is 27.2 Å². The molecule has 2 N–H and O–H groups in total. The van der Waals surface area contributed by atoms with Gasteiger partial charge in [0.05, 0.1) is 11.6 Å². The lowest BCUT2D eigenvalue weighted by molar-refractivity contribution is 0.0697. The van der Waals surface area contributed by atoms with E-state index < -0.39 is 5.97 Å². The molecule has 0 amide bonds. The van der Waals surface area contributed by atoms with E-state index in [2.05, 4.69) is 21.2 Å². The molecule has 0 saturated heterocycles. The molecular formula is C15H16BrNO3. The molecule has 2 rings (SSSR count). The highest BCUT2D eigenvalue weighted by molar-refractivity contribution is 9.10. The van der Waals surface area contributed by atoms with Crippen LogP contribution in [-0.4, -0.2) is 11.1 Å². The zero-order valence-electron chi connectivity index (χ0n) is 11.5. The summed E-state index contributed by atoms with van der Waals surface area (Å²) in [5.41, 5.74) is 2.07. The molecule has 5 heteroatoms. The highest BCUT2D eigenvalue weighted by Crippen LogP contribution is 2.27. The average Bonchev–Trinajstić information content (AvgIpc) is 2.67. The molecule has 106 valence electrons. The van der Waals surface area contributed by atoms with Crippen LogP contribution in [0.2, 0.25) is 0 Å². The van der Waals surface area contributed by atoms with E-state index in [1.807, 2.05) is 32.9 Å². The Labute approximate surface area is 125 Å². The van der Waals surface area contributed by atoms with Crippen LogP contribution in [0.3, 0.4) is 0 Å². The Morgan fingerprint density at radius 1 is 1.30 bits per heavy atom. The maximum Gasteiger partial charge on any atom is 0.335 e. The predicted molar refractivity (Wildman–Crippen MR) is 81.3 cm³/mol. The van der Waals surface area contributed by atoms with E-state index in [1.54, 1.807) is 12.1 Å². The van der Waals surface area contributed by atoms with Crippen molar-refractivity contribution in [1.29, 1.82) is 0 Å². The summed E-state index contributed by atoms with van der Waals surface area (Å²) < 4.78 is 6.24. The van der Waals surface area contributed by atoms with Crippen molar-refractivity contribution in [3.8, 4) is 0 Å². The third-order valence-electron chi connectivity index (χ3n) is 3.07. The average molecular weight is 338 g/mol. The van der Waals surface area contributed by atoms with Gasteiger partial charge in [-0.3, -0.25) is 0 Å². The number of hydrogen-bond acceptors (Lipinski definition) is 3. The topological polar surface area (TPSA) is 62.5 Å². The Balaban J connectivity index is 2.25. The first-order valence-corrected chi connectivity index (χ1v) is 7.03. The van der Waals surface area contributed by atoms with Crippen molar-refractivity contribution in [1.82, 2.24) is 0 Å². The fraction of sp³-hybridized carbons (Fsp3) is 0.267. The molecule has 0 radical (unpaired) electrons. The minimum atomic E-state index is -0.947. The molecule has 0 aliphatic rings. The Morgan fingerprint density at radius 3 is 2.55 bits per heavy atom. The predicted octanol–water partition coefficient (Wildman–Crippen LogP) is 4.53. The zero-order chi connectivity index (χ0) is 14.9. The second kappa shape index (κ2) is 5.71. The largest absolute Gasteiger partial charge is 0.478 e. The summed E-state index contributed by atoms with van der Waals surface area (Å²) in [6.07, 6.45) is 0. The fourth-order valence-electron chi connectivity index (χ4n) is 2.20. The van der Waals surface area contributed by atoms with Crippen molar-refractivity contribution in [3.05, 3.63) is 51.4 Å². The smallest absolute Gasteiger partial charge is 0.335 e. The number of hydrogen-bond donors (Lipinski definition) is 2. The van der Waals surface area contributed by atoms with Gasteiger partial charge in [0, 0.05) is 15.7 Å². The quantitative estimate of drug-likeness (QED) is 0.860. The lowest BCUT2D eigenvalue weighted by atomic mass is 10.1. The molecule has 0 fully saturated rings. The fourth-order valence-corrected chi connectivity index (χ4v) is 2.70. The third kappa shape index (κ3) is 3.22. The molecule has 1 aromatic heterocycles. The summed E-state index contributed by atoms with van der Waals surface area (Å²) in [4.78, 5) is 11.1. The molecule has 4 nitrogen and oxygen atoms in total. The van der Waals surface area contributed by atoms with Gasteiger partial charge in [-0.05, 0) is 45.0 Å². The van der Waals surface area contributed by atoms with Crippen LogP contribution >= 0.6 is 15.9 Å². The van der Waals surface area contributed by atoms with E-state index in [1.165, 1.54) is 0 Å². The van der Waals surface area contributed by atoms with Gasteiger partial charge in [-0.2, -0.15) is 0 Å². The molecule has 2 aromatic rings. The van der Waals surface area contributed by atoms with E-state index in [4.69, 9.17) is 9.52 Å². The number of anilines is 1. The Hall–Kier alpha value is -1.75.